The van der Waals surface area contributed by atoms with Gasteiger partial charge in [-0.25, -0.2) is 4.79 Å². The van der Waals surface area contributed by atoms with Crippen LogP contribution in [0.2, 0.25) is 0 Å². The van der Waals surface area contributed by atoms with Crippen LogP contribution >= 0.6 is 11.8 Å². The number of anilines is 1. The Morgan fingerprint density at radius 3 is 2.29 bits per heavy atom. The lowest BCUT2D eigenvalue weighted by atomic mass is 10.1. The molecule has 28 heavy (non-hydrogen) atoms. The summed E-state index contributed by atoms with van der Waals surface area (Å²) in [6, 6.07) is 3.60. The zero-order chi connectivity index (χ0) is 20.5. The highest BCUT2D eigenvalue weighted by atomic mass is 32.2. The van der Waals surface area contributed by atoms with Gasteiger partial charge in [-0.15, -0.1) is 11.8 Å². The molecule has 1 N–H and O–H groups in total. The smallest absolute Gasteiger partial charge is 0.308 e. The third kappa shape index (κ3) is 4.51. The number of urea groups is 1. The molecule has 0 aliphatic carbocycles. The molecule has 1 aliphatic rings. The molecule has 150 valence electrons. The second-order valence-electron chi connectivity index (χ2n) is 5.93. The largest absolute Gasteiger partial charge is 0.416 e. The number of carbonyl (C=O) groups is 1. The molecule has 1 aromatic carbocycles. The molecule has 3 rings (SSSR count). The lowest BCUT2D eigenvalue weighted by Crippen LogP contribution is -2.34. The normalized spacial score (nSPS) is 17.6. The second kappa shape index (κ2) is 7.53. The van der Waals surface area contributed by atoms with Crippen molar-refractivity contribution in [2.45, 2.75) is 17.7 Å². The Morgan fingerprint density at radius 2 is 1.75 bits per heavy atom. The number of carbonyl (C=O) groups excluding carboxylic acids is 1. The fraction of sp³-hybridized carbons (Fsp3) is 0.294. The van der Waals surface area contributed by atoms with Crippen molar-refractivity contribution in [3.05, 3.63) is 59.4 Å². The quantitative estimate of drug-likeness (QED) is 0.661. The van der Waals surface area contributed by atoms with E-state index in [0.717, 1.165) is 0 Å². The number of amides is 2. The van der Waals surface area contributed by atoms with E-state index in [1.165, 1.54) is 16.7 Å². The zero-order valence-corrected chi connectivity index (χ0v) is 14.8. The first kappa shape index (κ1) is 20.3. The molecule has 0 spiro atoms. The number of hydrogen-bond acceptors (Lipinski definition) is 3. The minimum atomic E-state index is -4.98. The van der Waals surface area contributed by atoms with Crippen molar-refractivity contribution in [3.8, 4) is 0 Å². The number of thioether (sulfide) groups is 1. The number of nitrogens with one attached hydrogen (secondary N) is 1. The van der Waals surface area contributed by atoms with Gasteiger partial charge in [-0.3, -0.25) is 4.98 Å². The van der Waals surface area contributed by atoms with Crippen LogP contribution in [0.15, 0.2) is 42.7 Å². The predicted molar refractivity (Wildman–Crippen MR) is 91.6 cm³/mol. The van der Waals surface area contributed by atoms with Crippen LogP contribution < -0.4 is 5.32 Å². The number of nitrogens with zero attached hydrogens (tertiary/aromatic N) is 2. The van der Waals surface area contributed by atoms with Crippen molar-refractivity contribution in [2.24, 2.45) is 0 Å². The number of halogens is 6. The van der Waals surface area contributed by atoms with Crippen LogP contribution in [0.4, 0.5) is 36.8 Å². The highest BCUT2D eigenvalue weighted by molar-refractivity contribution is 7.99. The highest BCUT2D eigenvalue weighted by Crippen LogP contribution is 2.39. The van der Waals surface area contributed by atoms with E-state index < -0.39 is 40.6 Å². The molecule has 1 aromatic heterocycles. The summed E-state index contributed by atoms with van der Waals surface area (Å²) in [6.07, 6.45) is -6.87. The molecular formula is C17H13F6N3OS. The summed E-state index contributed by atoms with van der Waals surface area (Å²) in [4.78, 5) is 17.8. The molecule has 1 unspecified atom stereocenters. The molecule has 4 nitrogen and oxygen atoms in total. The summed E-state index contributed by atoms with van der Waals surface area (Å²) in [5, 5.41) is 1.73. The summed E-state index contributed by atoms with van der Waals surface area (Å²) in [6.45, 7) is 0.293. The van der Waals surface area contributed by atoms with Gasteiger partial charge < -0.3 is 10.2 Å². The first-order chi connectivity index (χ1) is 13.1. The molecule has 2 aromatic rings. The Labute approximate surface area is 159 Å². The summed E-state index contributed by atoms with van der Waals surface area (Å²) >= 11 is 1.42. The molecule has 1 saturated heterocycles. The molecule has 11 heteroatoms. The highest BCUT2D eigenvalue weighted by Gasteiger charge is 2.37. The van der Waals surface area contributed by atoms with Gasteiger partial charge in [0.15, 0.2) is 0 Å². The monoisotopic (exact) mass is 421 g/mol. The van der Waals surface area contributed by atoms with E-state index in [1.54, 1.807) is 24.5 Å². The van der Waals surface area contributed by atoms with Crippen LogP contribution in [0.3, 0.4) is 0 Å². The number of aromatic nitrogens is 1. The number of benzene rings is 1. The minimum Gasteiger partial charge on any atom is -0.308 e. The van der Waals surface area contributed by atoms with Crippen LogP contribution in [-0.2, 0) is 12.4 Å². The van der Waals surface area contributed by atoms with E-state index in [1.807, 2.05) is 0 Å². The summed E-state index contributed by atoms with van der Waals surface area (Å²) in [5.41, 5.74) is -2.84. The van der Waals surface area contributed by atoms with Crippen molar-refractivity contribution >= 4 is 23.5 Å². The van der Waals surface area contributed by atoms with Crippen LogP contribution in [-0.4, -0.2) is 28.2 Å². The first-order valence-electron chi connectivity index (χ1n) is 7.94. The van der Waals surface area contributed by atoms with Crippen molar-refractivity contribution < 1.29 is 31.1 Å². The van der Waals surface area contributed by atoms with Gasteiger partial charge >= 0.3 is 18.4 Å². The van der Waals surface area contributed by atoms with Gasteiger partial charge in [0.1, 0.15) is 5.37 Å². The molecule has 0 radical (unpaired) electrons. The Bertz CT molecular complexity index is 824. The maximum atomic E-state index is 13.0. The van der Waals surface area contributed by atoms with Crippen molar-refractivity contribution in [1.29, 1.82) is 0 Å². The number of alkyl halides is 6. The van der Waals surface area contributed by atoms with E-state index in [2.05, 4.69) is 10.3 Å². The van der Waals surface area contributed by atoms with Gasteiger partial charge in [-0.1, -0.05) is 6.07 Å². The molecule has 2 heterocycles. The topological polar surface area (TPSA) is 45.2 Å². The fourth-order valence-corrected chi connectivity index (χ4v) is 3.94. The van der Waals surface area contributed by atoms with E-state index in [9.17, 15) is 31.1 Å². The molecular weight excluding hydrogens is 408 g/mol. The number of rotatable bonds is 2. The molecule has 1 fully saturated rings. The van der Waals surface area contributed by atoms with Gasteiger partial charge in [-0.05, 0) is 24.3 Å². The van der Waals surface area contributed by atoms with Crippen molar-refractivity contribution in [2.75, 3.05) is 17.6 Å². The van der Waals surface area contributed by atoms with E-state index in [-0.39, 0.29) is 6.07 Å². The summed E-state index contributed by atoms with van der Waals surface area (Å²) in [7, 11) is 0. The van der Waals surface area contributed by atoms with E-state index in [0.29, 0.717) is 30.0 Å². The van der Waals surface area contributed by atoms with Gasteiger partial charge in [0.25, 0.3) is 0 Å². The van der Waals surface area contributed by atoms with Crippen LogP contribution in [0.25, 0.3) is 0 Å². The summed E-state index contributed by atoms with van der Waals surface area (Å²) < 4.78 is 77.7. The molecule has 0 saturated carbocycles. The molecule has 1 atom stereocenters. The standard InChI is InChI=1S/C17H13F6N3OS/c18-16(19,20)11-6-12(17(21,22)23)8-13(7-11)25-15(27)26-4-5-28-14(26)10-2-1-3-24-9-10/h1-3,6-9,14H,4-5H2,(H,25,27). The van der Waals surface area contributed by atoms with Gasteiger partial charge in [0.05, 0.1) is 11.1 Å². The van der Waals surface area contributed by atoms with E-state index >= 15 is 0 Å². The maximum absolute atomic E-state index is 13.0. The lowest BCUT2D eigenvalue weighted by molar-refractivity contribution is -0.143. The number of pyridine rings is 1. The van der Waals surface area contributed by atoms with Gasteiger partial charge in [0, 0.05) is 35.9 Å². The predicted octanol–water partition coefficient (Wildman–Crippen LogP) is 5.40. The minimum absolute atomic E-state index is 0.0137. The average molecular weight is 421 g/mol. The summed E-state index contributed by atoms with van der Waals surface area (Å²) in [5.74, 6) is 0.573. The Kier molecular flexibility index (Phi) is 5.46. The van der Waals surface area contributed by atoms with E-state index in [4.69, 9.17) is 0 Å². The second-order valence-corrected chi connectivity index (χ2v) is 7.12. The Balaban J connectivity index is 1.87. The third-order valence-corrected chi connectivity index (χ3v) is 5.22. The van der Waals surface area contributed by atoms with Crippen LogP contribution in [0, 0.1) is 0 Å². The Hall–Kier alpha value is -2.43. The average Bonchev–Trinajstić information content (AvgIpc) is 3.10. The SMILES string of the molecule is O=C(Nc1cc(C(F)(F)F)cc(C(F)(F)F)c1)N1CCSC1c1cccnc1. The molecule has 2 amide bonds. The maximum Gasteiger partial charge on any atom is 0.416 e. The Morgan fingerprint density at radius 1 is 1.11 bits per heavy atom. The van der Waals surface area contributed by atoms with Crippen LogP contribution in [0.5, 0.6) is 0 Å². The molecule has 0 bridgehead atoms. The van der Waals surface area contributed by atoms with Gasteiger partial charge in [0.2, 0.25) is 0 Å². The van der Waals surface area contributed by atoms with Crippen LogP contribution in [0.1, 0.15) is 22.1 Å². The zero-order valence-electron chi connectivity index (χ0n) is 14.0. The first-order valence-corrected chi connectivity index (χ1v) is 8.99. The third-order valence-electron chi connectivity index (χ3n) is 3.96. The number of hydrogen-bond donors (Lipinski definition) is 1. The van der Waals surface area contributed by atoms with Gasteiger partial charge in [-0.2, -0.15) is 26.3 Å². The van der Waals surface area contributed by atoms with Crippen molar-refractivity contribution in [3.63, 3.8) is 0 Å². The van der Waals surface area contributed by atoms with Crippen molar-refractivity contribution in [1.82, 2.24) is 9.88 Å². The fourth-order valence-electron chi connectivity index (χ4n) is 2.70. The molecule has 1 aliphatic heterocycles. The lowest BCUT2D eigenvalue weighted by Gasteiger charge is -2.24.